The van der Waals surface area contributed by atoms with E-state index in [1.807, 2.05) is 24.1 Å². The van der Waals surface area contributed by atoms with E-state index in [9.17, 15) is 4.79 Å². The average molecular weight is 366 g/mol. The molecular weight excluding hydrogens is 334 g/mol. The van der Waals surface area contributed by atoms with Crippen LogP contribution in [-0.4, -0.2) is 42.0 Å². The molecule has 0 spiro atoms. The van der Waals surface area contributed by atoms with Gasteiger partial charge in [-0.1, -0.05) is 56.3 Å². The predicted octanol–water partition coefficient (Wildman–Crippen LogP) is 4.62. The molecule has 4 heteroatoms. The number of anilines is 1. The summed E-state index contributed by atoms with van der Waals surface area (Å²) in [6.45, 7) is 7.40. The van der Waals surface area contributed by atoms with Crippen LogP contribution in [0.1, 0.15) is 31.4 Å². The van der Waals surface area contributed by atoms with Gasteiger partial charge in [-0.25, -0.2) is 4.79 Å². The van der Waals surface area contributed by atoms with Crippen LogP contribution in [0.4, 0.5) is 10.5 Å². The number of rotatable bonds is 5. The molecule has 144 valence electrons. The van der Waals surface area contributed by atoms with Crippen molar-refractivity contribution in [1.29, 1.82) is 0 Å². The van der Waals surface area contributed by atoms with Crippen LogP contribution in [0, 0.1) is 5.92 Å². The van der Waals surface area contributed by atoms with Gasteiger partial charge in [0.1, 0.15) is 0 Å². The maximum Gasteiger partial charge on any atom is 0.321 e. The van der Waals surface area contributed by atoms with Crippen molar-refractivity contribution >= 4 is 11.7 Å². The summed E-state index contributed by atoms with van der Waals surface area (Å²) in [5, 5.41) is 3.06. The summed E-state index contributed by atoms with van der Waals surface area (Å²) in [5.74, 6) is 0.445. The Morgan fingerprint density at radius 2 is 1.89 bits per heavy atom. The molecule has 0 unspecified atom stereocenters. The smallest absolute Gasteiger partial charge is 0.321 e. The van der Waals surface area contributed by atoms with E-state index in [0.29, 0.717) is 5.92 Å². The molecule has 1 fully saturated rings. The number of piperidine rings is 1. The second-order valence-electron chi connectivity index (χ2n) is 7.65. The lowest BCUT2D eigenvalue weighted by atomic mass is 9.92. The first kappa shape index (κ1) is 19.4. The summed E-state index contributed by atoms with van der Waals surface area (Å²) in [6.07, 6.45) is 1.98. The van der Waals surface area contributed by atoms with Crippen LogP contribution in [0.2, 0.25) is 0 Å². The van der Waals surface area contributed by atoms with Crippen LogP contribution in [0.15, 0.2) is 54.6 Å². The Hall–Kier alpha value is -2.33. The number of amides is 2. The highest BCUT2D eigenvalue weighted by Gasteiger charge is 2.31. The molecule has 2 atom stereocenters. The van der Waals surface area contributed by atoms with E-state index in [1.54, 1.807) is 0 Å². The van der Waals surface area contributed by atoms with Gasteiger partial charge in [-0.15, -0.1) is 0 Å². The quantitative estimate of drug-likeness (QED) is 0.839. The van der Waals surface area contributed by atoms with Crippen molar-refractivity contribution in [1.82, 2.24) is 9.80 Å². The number of hydrogen-bond donors (Lipinski definition) is 1. The first-order valence-electron chi connectivity index (χ1n) is 9.96. The van der Waals surface area contributed by atoms with Crippen molar-refractivity contribution in [2.75, 3.05) is 25.5 Å². The van der Waals surface area contributed by atoms with Crippen molar-refractivity contribution in [2.45, 2.75) is 39.3 Å². The number of benzene rings is 2. The third-order valence-corrected chi connectivity index (χ3v) is 5.60. The lowest BCUT2D eigenvalue weighted by molar-refractivity contribution is 0.0933. The molecule has 2 amide bonds. The zero-order valence-corrected chi connectivity index (χ0v) is 16.7. The van der Waals surface area contributed by atoms with Crippen LogP contribution < -0.4 is 5.32 Å². The van der Waals surface area contributed by atoms with Gasteiger partial charge in [0.2, 0.25) is 0 Å². The van der Waals surface area contributed by atoms with Gasteiger partial charge in [-0.2, -0.15) is 0 Å². The number of hydrogen-bond acceptors (Lipinski definition) is 2. The fourth-order valence-electron chi connectivity index (χ4n) is 4.01. The Labute approximate surface area is 163 Å². The molecule has 0 aromatic heterocycles. The summed E-state index contributed by atoms with van der Waals surface area (Å²) < 4.78 is 0. The minimum atomic E-state index is -0.0170. The predicted molar refractivity (Wildman–Crippen MR) is 112 cm³/mol. The van der Waals surface area contributed by atoms with Crippen molar-refractivity contribution in [2.24, 2.45) is 5.92 Å². The SMILES string of the molecule is CCc1cccc(NC(=O)N(C)[C@@H]2CCN(Cc3ccccc3)C[C@@H]2C)c1. The van der Waals surface area contributed by atoms with Gasteiger partial charge in [0.25, 0.3) is 0 Å². The van der Waals surface area contributed by atoms with Crippen LogP contribution >= 0.6 is 0 Å². The largest absolute Gasteiger partial charge is 0.324 e. The highest BCUT2D eigenvalue weighted by Crippen LogP contribution is 2.23. The second-order valence-corrected chi connectivity index (χ2v) is 7.65. The van der Waals surface area contributed by atoms with Crippen LogP contribution in [0.5, 0.6) is 0 Å². The molecule has 0 saturated carbocycles. The topological polar surface area (TPSA) is 35.6 Å². The van der Waals surface area contributed by atoms with E-state index in [0.717, 1.165) is 38.2 Å². The van der Waals surface area contributed by atoms with E-state index in [1.165, 1.54) is 11.1 Å². The standard InChI is InChI=1S/C23H31N3O/c1-4-19-11-8-12-21(15-19)24-23(27)25(3)22-13-14-26(16-18(22)2)17-20-9-6-5-7-10-20/h5-12,15,18,22H,4,13-14,16-17H2,1-3H3,(H,24,27)/t18-,22+/m0/s1. The Balaban J connectivity index is 1.55. The molecule has 2 aromatic carbocycles. The fraction of sp³-hybridized carbons (Fsp3) is 0.435. The van der Waals surface area contributed by atoms with Crippen molar-refractivity contribution in [3.63, 3.8) is 0 Å². The third kappa shape index (κ3) is 5.10. The van der Waals surface area contributed by atoms with Crippen molar-refractivity contribution in [3.05, 3.63) is 65.7 Å². The van der Waals surface area contributed by atoms with Gasteiger partial charge in [0, 0.05) is 38.4 Å². The molecular formula is C23H31N3O. The van der Waals surface area contributed by atoms with E-state index in [4.69, 9.17) is 0 Å². The molecule has 1 N–H and O–H groups in total. The summed E-state index contributed by atoms with van der Waals surface area (Å²) >= 11 is 0. The second kappa shape index (κ2) is 9.05. The lowest BCUT2D eigenvalue weighted by Crippen LogP contribution is -2.51. The van der Waals surface area contributed by atoms with Crippen LogP contribution in [-0.2, 0) is 13.0 Å². The third-order valence-electron chi connectivity index (χ3n) is 5.60. The van der Waals surface area contributed by atoms with E-state index in [-0.39, 0.29) is 12.1 Å². The molecule has 1 heterocycles. The maximum atomic E-state index is 12.7. The van der Waals surface area contributed by atoms with Crippen molar-refractivity contribution < 1.29 is 4.79 Å². The van der Waals surface area contributed by atoms with E-state index >= 15 is 0 Å². The molecule has 1 aliphatic rings. The molecule has 2 aromatic rings. The molecule has 0 bridgehead atoms. The Morgan fingerprint density at radius 1 is 1.15 bits per heavy atom. The zero-order chi connectivity index (χ0) is 19.2. The van der Waals surface area contributed by atoms with Gasteiger partial charge in [0.05, 0.1) is 0 Å². The molecule has 27 heavy (non-hydrogen) atoms. The van der Waals surface area contributed by atoms with E-state index in [2.05, 4.69) is 66.5 Å². The molecule has 4 nitrogen and oxygen atoms in total. The van der Waals surface area contributed by atoms with Gasteiger partial charge in [-0.05, 0) is 42.0 Å². The highest BCUT2D eigenvalue weighted by atomic mass is 16.2. The van der Waals surface area contributed by atoms with Gasteiger partial charge in [-0.3, -0.25) is 4.90 Å². The molecule has 0 radical (unpaired) electrons. The minimum absolute atomic E-state index is 0.0170. The molecule has 1 aliphatic heterocycles. The first-order chi connectivity index (χ1) is 13.1. The monoisotopic (exact) mass is 365 g/mol. The normalized spacial score (nSPS) is 20.3. The van der Waals surface area contributed by atoms with Crippen LogP contribution in [0.25, 0.3) is 0 Å². The lowest BCUT2D eigenvalue weighted by Gasteiger charge is -2.41. The fourth-order valence-corrected chi connectivity index (χ4v) is 4.01. The zero-order valence-electron chi connectivity index (χ0n) is 16.7. The van der Waals surface area contributed by atoms with Crippen molar-refractivity contribution in [3.8, 4) is 0 Å². The molecule has 0 aliphatic carbocycles. The number of urea groups is 1. The average Bonchev–Trinajstić information content (AvgIpc) is 2.68. The van der Waals surface area contributed by atoms with Crippen LogP contribution in [0.3, 0.4) is 0 Å². The van der Waals surface area contributed by atoms with Gasteiger partial charge < -0.3 is 10.2 Å². The Morgan fingerprint density at radius 3 is 2.59 bits per heavy atom. The summed E-state index contributed by atoms with van der Waals surface area (Å²) in [6, 6.07) is 19.0. The highest BCUT2D eigenvalue weighted by molar-refractivity contribution is 5.89. The minimum Gasteiger partial charge on any atom is -0.324 e. The summed E-state index contributed by atoms with van der Waals surface area (Å²) in [5.41, 5.74) is 3.46. The summed E-state index contributed by atoms with van der Waals surface area (Å²) in [4.78, 5) is 17.1. The maximum absolute atomic E-state index is 12.7. The number of nitrogens with zero attached hydrogens (tertiary/aromatic N) is 2. The number of likely N-dealkylation sites (tertiary alicyclic amines) is 1. The molecule has 1 saturated heterocycles. The number of aryl methyl sites for hydroxylation is 1. The van der Waals surface area contributed by atoms with Gasteiger partial charge >= 0.3 is 6.03 Å². The first-order valence-corrected chi connectivity index (χ1v) is 9.96. The Bertz CT molecular complexity index is 746. The summed E-state index contributed by atoms with van der Waals surface area (Å²) in [7, 11) is 1.92. The van der Waals surface area contributed by atoms with E-state index < -0.39 is 0 Å². The number of carbonyl (C=O) groups excluding carboxylic acids is 1. The number of nitrogens with one attached hydrogen (secondary N) is 1. The Kier molecular flexibility index (Phi) is 6.51. The van der Waals surface area contributed by atoms with Gasteiger partial charge in [0.15, 0.2) is 0 Å². The molecule has 3 rings (SSSR count). The number of carbonyl (C=O) groups is 1.